The number of methoxy groups -OCH3 is 1. The minimum Gasteiger partial charge on any atom is -0.385 e. The Hall–Kier alpha value is -1.62. The zero-order valence-corrected chi connectivity index (χ0v) is 9.98. The first-order chi connectivity index (χ1) is 8.13. The van der Waals surface area contributed by atoms with Crippen molar-refractivity contribution >= 4 is 17.0 Å². The van der Waals surface area contributed by atoms with Gasteiger partial charge in [0.1, 0.15) is 5.82 Å². The normalized spacial score (nSPS) is 13.1. The third-order valence-corrected chi connectivity index (χ3v) is 2.86. The Labute approximate surface area is 99.2 Å². The van der Waals surface area contributed by atoms with Crippen molar-refractivity contribution in [1.82, 2.24) is 9.55 Å². The Morgan fingerprint density at radius 1 is 1.53 bits per heavy atom. The maximum absolute atomic E-state index is 13.2. The summed E-state index contributed by atoms with van der Waals surface area (Å²) in [6, 6.07) is 4.61. The average molecular weight is 237 g/mol. The molecular weight excluding hydrogens is 221 g/mol. The van der Waals surface area contributed by atoms with Gasteiger partial charge in [0.2, 0.25) is 5.95 Å². The van der Waals surface area contributed by atoms with Crippen LogP contribution in [0.25, 0.3) is 11.0 Å². The summed E-state index contributed by atoms with van der Waals surface area (Å²) in [5.74, 6) is 0.131. The molecule has 0 aliphatic carbocycles. The largest absolute Gasteiger partial charge is 0.385 e. The number of benzene rings is 1. The lowest BCUT2D eigenvalue weighted by Crippen LogP contribution is -2.10. The molecule has 0 saturated carbocycles. The number of imidazole rings is 1. The lowest BCUT2D eigenvalue weighted by Gasteiger charge is -2.15. The third kappa shape index (κ3) is 2.24. The first-order valence-electron chi connectivity index (χ1n) is 5.55. The summed E-state index contributed by atoms with van der Waals surface area (Å²) in [6.07, 6.45) is 0.808. The van der Waals surface area contributed by atoms with Gasteiger partial charge in [0.25, 0.3) is 0 Å². The lowest BCUT2D eigenvalue weighted by atomic mass is 10.2. The van der Waals surface area contributed by atoms with E-state index in [1.165, 1.54) is 12.1 Å². The first kappa shape index (κ1) is 11.9. The number of nitrogen functional groups attached to an aromatic ring is 1. The molecule has 2 aromatic rings. The van der Waals surface area contributed by atoms with E-state index in [-0.39, 0.29) is 11.9 Å². The predicted octanol–water partition coefficient (Wildman–Crippen LogP) is 2.36. The van der Waals surface area contributed by atoms with E-state index in [1.54, 1.807) is 13.2 Å². The van der Waals surface area contributed by atoms with Crippen LogP contribution >= 0.6 is 0 Å². The van der Waals surface area contributed by atoms with Gasteiger partial charge in [-0.3, -0.25) is 0 Å². The molecule has 0 radical (unpaired) electrons. The van der Waals surface area contributed by atoms with Crippen LogP contribution in [-0.2, 0) is 4.74 Å². The molecular formula is C12H16FN3O. The van der Waals surface area contributed by atoms with Gasteiger partial charge in [0.05, 0.1) is 11.0 Å². The molecule has 1 aromatic carbocycles. The molecule has 0 aliphatic heterocycles. The van der Waals surface area contributed by atoms with Crippen LogP contribution in [0.5, 0.6) is 0 Å². The molecule has 2 rings (SSSR count). The minimum atomic E-state index is -0.280. The fourth-order valence-electron chi connectivity index (χ4n) is 1.97. The summed E-state index contributed by atoms with van der Waals surface area (Å²) in [5.41, 5.74) is 7.31. The molecule has 0 fully saturated rings. The monoisotopic (exact) mass is 237 g/mol. The molecule has 0 bridgehead atoms. The van der Waals surface area contributed by atoms with E-state index in [1.807, 2.05) is 11.5 Å². The SMILES string of the molecule is COCCC(C)n1c(N)nc2ccc(F)cc21. The van der Waals surface area contributed by atoms with Crippen LogP contribution in [0.3, 0.4) is 0 Å². The van der Waals surface area contributed by atoms with Crippen LogP contribution < -0.4 is 5.73 Å². The highest BCUT2D eigenvalue weighted by Crippen LogP contribution is 2.25. The number of rotatable bonds is 4. The zero-order chi connectivity index (χ0) is 12.4. The van der Waals surface area contributed by atoms with Crippen molar-refractivity contribution in [3.05, 3.63) is 24.0 Å². The second-order valence-corrected chi connectivity index (χ2v) is 4.10. The second-order valence-electron chi connectivity index (χ2n) is 4.10. The summed E-state index contributed by atoms with van der Waals surface area (Å²) in [7, 11) is 1.65. The van der Waals surface area contributed by atoms with E-state index in [4.69, 9.17) is 10.5 Å². The van der Waals surface area contributed by atoms with E-state index in [2.05, 4.69) is 4.98 Å². The lowest BCUT2D eigenvalue weighted by molar-refractivity contribution is 0.182. The van der Waals surface area contributed by atoms with Crippen LogP contribution in [0.1, 0.15) is 19.4 Å². The molecule has 0 aliphatic rings. The van der Waals surface area contributed by atoms with Crippen molar-refractivity contribution in [2.24, 2.45) is 0 Å². The Balaban J connectivity index is 2.44. The first-order valence-corrected chi connectivity index (χ1v) is 5.55. The van der Waals surface area contributed by atoms with Gasteiger partial charge in [-0.2, -0.15) is 0 Å². The molecule has 0 amide bonds. The van der Waals surface area contributed by atoms with Gasteiger partial charge in [-0.25, -0.2) is 9.37 Å². The number of aromatic nitrogens is 2. The topological polar surface area (TPSA) is 53.1 Å². The van der Waals surface area contributed by atoms with Gasteiger partial charge in [0.15, 0.2) is 0 Å². The number of nitrogens with two attached hydrogens (primary N) is 1. The van der Waals surface area contributed by atoms with E-state index in [9.17, 15) is 4.39 Å². The maximum atomic E-state index is 13.2. The molecule has 2 N–H and O–H groups in total. The number of nitrogens with zero attached hydrogens (tertiary/aromatic N) is 2. The predicted molar refractivity (Wildman–Crippen MR) is 65.3 cm³/mol. The Morgan fingerprint density at radius 2 is 2.29 bits per heavy atom. The van der Waals surface area contributed by atoms with Gasteiger partial charge in [-0.05, 0) is 31.5 Å². The van der Waals surface area contributed by atoms with Gasteiger partial charge in [0, 0.05) is 19.8 Å². The van der Waals surface area contributed by atoms with Crippen molar-refractivity contribution < 1.29 is 9.13 Å². The van der Waals surface area contributed by atoms with Crippen molar-refractivity contribution in [2.45, 2.75) is 19.4 Å². The van der Waals surface area contributed by atoms with Crippen molar-refractivity contribution in [1.29, 1.82) is 0 Å². The molecule has 0 saturated heterocycles. The number of anilines is 1. The van der Waals surface area contributed by atoms with E-state index >= 15 is 0 Å². The number of hydrogen-bond donors (Lipinski definition) is 1. The second kappa shape index (κ2) is 4.71. The summed E-state index contributed by atoms with van der Waals surface area (Å²) in [6.45, 7) is 2.65. The summed E-state index contributed by atoms with van der Waals surface area (Å²) < 4.78 is 20.1. The highest BCUT2D eigenvalue weighted by Gasteiger charge is 2.14. The summed E-state index contributed by atoms with van der Waals surface area (Å²) in [5, 5.41) is 0. The van der Waals surface area contributed by atoms with Crippen LogP contribution in [-0.4, -0.2) is 23.3 Å². The van der Waals surface area contributed by atoms with Crippen molar-refractivity contribution in [3.8, 4) is 0 Å². The highest BCUT2D eigenvalue weighted by molar-refractivity contribution is 5.78. The van der Waals surface area contributed by atoms with Crippen LogP contribution in [0.2, 0.25) is 0 Å². The molecule has 4 nitrogen and oxygen atoms in total. The molecule has 92 valence electrons. The van der Waals surface area contributed by atoms with Crippen molar-refractivity contribution in [3.63, 3.8) is 0 Å². The zero-order valence-electron chi connectivity index (χ0n) is 9.98. The van der Waals surface area contributed by atoms with Gasteiger partial charge >= 0.3 is 0 Å². The standard InChI is InChI=1S/C12H16FN3O/c1-8(5-6-17-2)16-11-7-9(13)3-4-10(11)15-12(16)14/h3-4,7-8H,5-6H2,1-2H3,(H2,14,15). The summed E-state index contributed by atoms with van der Waals surface area (Å²) >= 11 is 0. The Kier molecular flexibility index (Phi) is 3.28. The fraction of sp³-hybridized carbons (Fsp3) is 0.417. The fourth-order valence-corrected chi connectivity index (χ4v) is 1.97. The Morgan fingerprint density at radius 3 is 3.00 bits per heavy atom. The molecule has 17 heavy (non-hydrogen) atoms. The number of hydrogen-bond acceptors (Lipinski definition) is 3. The van der Waals surface area contributed by atoms with Crippen LogP contribution in [0, 0.1) is 5.82 Å². The quantitative estimate of drug-likeness (QED) is 0.888. The van der Waals surface area contributed by atoms with Gasteiger partial charge in [-0.15, -0.1) is 0 Å². The van der Waals surface area contributed by atoms with Crippen molar-refractivity contribution in [2.75, 3.05) is 19.5 Å². The molecule has 1 heterocycles. The third-order valence-electron chi connectivity index (χ3n) is 2.86. The van der Waals surface area contributed by atoms with Crippen LogP contribution in [0.4, 0.5) is 10.3 Å². The highest BCUT2D eigenvalue weighted by atomic mass is 19.1. The molecule has 1 unspecified atom stereocenters. The van der Waals surface area contributed by atoms with Gasteiger partial charge in [-0.1, -0.05) is 0 Å². The smallest absolute Gasteiger partial charge is 0.201 e. The number of ether oxygens (including phenoxy) is 1. The van der Waals surface area contributed by atoms with E-state index < -0.39 is 0 Å². The molecule has 1 atom stereocenters. The van der Waals surface area contributed by atoms with Gasteiger partial charge < -0.3 is 15.0 Å². The minimum absolute atomic E-state index is 0.127. The molecule has 1 aromatic heterocycles. The average Bonchev–Trinajstić information content (AvgIpc) is 2.61. The van der Waals surface area contributed by atoms with Crippen LogP contribution in [0.15, 0.2) is 18.2 Å². The molecule has 5 heteroatoms. The number of halogens is 1. The van der Waals surface area contributed by atoms with E-state index in [0.717, 1.165) is 11.9 Å². The Bertz CT molecular complexity index is 524. The van der Waals surface area contributed by atoms with E-state index in [0.29, 0.717) is 18.1 Å². The summed E-state index contributed by atoms with van der Waals surface area (Å²) in [4.78, 5) is 4.22. The maximum Gasteiger partial charge on any atom is 0.201 e. The number of fused-ring (bicyclic) bond motifs is 1. The molecule has 0 spiro atoms.